The second-order valence-corrected chi connectivity index (χ2v) is 7.35. The van der Waals surface area contributed by atoms with Gasteiger partial charge in [0.05, 0.1) is 31.2 Å². The van der Waals surface area contributed by atoms with Crippen LogP contribution in [0.4, 0.5) is 20.2 Å². The summed E-state index contributed by atoms with van der Waals surface area (Å²) in [4.78, 5) is 27.4. The summed E-state index contributed by atoms with van der Waals surface area (Å²) in [5, 5.41) is 2.99. The third kappa shape index (κ3) is 4.03. The van der Waals surface area contributed by atoms with Crippen molar-refractivity contribution in [3.63, 3.8) is 0 Å². The normalized spacial score (nSPS) is 13.5. The zero-order chi connectivity index (χ0) is 23.7. The minimum absolute atomic E-state index is 0.00914. The Hall–Kier alpha value is -4.20. The van der Waals surface area contributed by atoms with Crippen LogP contribution in [0.15, 0.2) is 66.4 Å². The summed E-state index contributed by atoms with van der Waals surface area (Å²) in [6, 6.07) is 14.4. The summed E-state index contributed by atoms with van der Waals surface area (Å²) in [5.41, 5.74) is 1.19. The molecule has 33 heavy (non-hydrogen) atoms. The monoisotopic (exact) mass is 450 g/mol. The first kappa shape index (κ1) is 22.0. The highest BCUT2D eigenvalue weighted by Gasteiger charge is 2.41. The van der Waals surface area contributed by atoms with E-state index in [0.717, 1.165) is 23.8 Å². The molecule has 0 radical (unpaired) electrons. The quantitative estimate of drug-likeness (QED) is 0.552. The fraction of sp³-hybridized carbons (Fsp3) is 0.120. The zero-order valence-corrected chi connectivity index (χ0v) is 18.1. The number of nitrogens with one attached hydrogen (secondary N) is 1. The van der Waals surface area contributed by atoms with E-state index in [0.29, 0.717) is 27.6 Å². The zero-order valence-electron chi connectivity index (χ0n) is 18.1. The van der Waals surface area contributed by atoms with Crippen LogP contribution in [-0.2, 0) is 9.59 Å². The summed E-state index contributed by atoms with van der Waals surface area (Å²) < 4.78 is 38.9. The molecule has 1 aliphatic heterocycles. The van der Waals surface area contributed by atoms with Crippen LogP contribution in [0.1, 0.15) is 11.1 Å². The number of carbonyl (C=O) groups excluding carboxylic acids is 2. The lowest BCUT2D eigenvalue weighted by atomic mass is 10.0. The lowest BCUT2D eigenvalue weighted by Gasteiger charge is -2.17. The average molecular weight is 450 g/mol. The van der Waals surface area contributed by atoms with E-state index in [-0.39, 0.29) is 11.3 Å². The number of anilines is 2. The van der Waals surface area contributed by atoms with Crippen LogP contribution >= 0.6 is 0 Å². The lowest BCUT2D eigenvalue weighted by Crippen LogP contribution is -2.33. The number of benzene rings is 3. The van der Waals surface area contributed by atoms with Gasteiger partial charge in [-0.1, -0.05) is 18.2 Å². The fourth-order valence-corrected chi connectivity index (χ4v) is 3.60. The van der Waals surface area contributed by atoms with Crippen molar-refractivity contribution in [1.29, 1.82) is 0 Å². The van der Waals surface area contributed by atoms with E-state index in [1.807, 2.05) is 13.0 Å². The van der Waals surface area contributed by atoms with E-state index in [1.165, 1.54) is 14.2 Å². The van der Waals surface area contributed by atoms with Gasteiger partial charge >= 0.3 is 0 Å². The molecule has 1 aliphatic rings. The molecule has 0 saturated carbocycles. The van der Waals surface area contributed by atoms with Crippen LogP contribution < -0.4 is 19.7 Å². The summed E-state index contributed by atoms with van der Waals surface area (Å²) in [5.74, 6) is -2.29. The number of rotatable bonds is 6. The van der Waals surface area contributed by atoms with Gasteiger partial charge in [0.2, 0.25) is 0 Å². The number of amides is 2. The third-order valence-corrected chi connectivity index (χ3v) is 5.23. The SMILES string of the molecule is COc1ccc(C2=C(Nc3cc(C)ccc3OC)C(=O)N(c3cc(F)ccc3F)C2=O)cc1. The van der Waals surface area contributed by atoms with Gasteiger partial charge in [-0.2, -0.15) is 0 Å². The molecule has 4 rings (SSSR count). The molecule has 0 unspecified atom stereocenters. The number of halogens is 2. The summed E-state index contributed by atoms with van der Waals surface area (Å²) in [7, 11) is 2.98. The number of ether oxygens (including phenoxy) is 2. The Balaban J connectivity index is 1.87. The van der Waals surface area contributed by atoms with E-state index in [1.54, 1.807) is 36.4 Å². The van der Waals surface area contributed by atoms with Crippen molar-refractivity contribution >= 4 is 28.8 Å². The highest BCUT2D eigenvalue weighted by atomic mass is 19.1. The van der Waals surface area contributed by atoms with Gasteiger partial charge in [-0.15, -0.1) is 0 Å². The topological polar surface area (TPSA) is 67.9 Å². The summed E-state index contributed by atoms with van der Waals surface area (Å²) in [6.45, 7) is 1.86. The Labute approximate surface area is 189 Å². The Kier molecular flexibility index (Phi) is 5.83. The van der Waals surface area contributed by atoms with Gasteiger partial charge in [-0.3, -0.25) is 9.59 Å². The number of hydrogen-bond donors (Lipinski definition) is 1. The molecule has 3 aromatic carbocycles. The van der Waals surface area contributed by atoms with Gasteiger partial charge in [-0.05, 0) is 54.4 Å². The molecule has 3 aromatic rings. The standard InChI is InChI=1S/C25H20F2N2O4/c1-14-4-11-21(33-3)19(12-14)28-23-22(15-5-8-17(32-2)9-6-15)24(30)29(25(23)31)20-13-16(26)7-10-18(20)27/h4-13,28H,1-3H3. The second-order valence-electron chi connectivity index (χ2n) is 7.35. The molecule has 0 bridgehead atoms. The van der Waals surface area contributed by atoms with Crippen LogP contribution in [0.5, 0.6) is 11.5 Å². The second kappa shape index (κ2) is 8.74. The molecule has 0 saturated heterocycles. The van der Waals surface area contributed by atoms with E-state index in [9.17, 15) is 18.4 Å². The van der Waals surface area contributed by atoms with Crippen molar-refractivity contribution in [2.45, 2.75) is 6.92 Å². The van der Waals surface area contributed by atoms with Gasteiger partial charge in [0, 0.05) is 6.07 Å². The summed E-state index contributed by atoms with van der Waals surface area (Å²) in [6.07, 6.45) is 0. The molecule has 1 N–H and O–H groups in total. The first-order chi connectivity index (χ1) is 15.8. The largest absolute Gasteiger partial charge is 0.497 e. The number of hydrogen-bond acceptors (Lipinski definition) is 5. The molecule has 0 atom stereocenters. The van der Waals surface area contributed by atoms with E-state index >= 15 is 0 Å². The molecule has 1 heterocycles. The van der Waals surface area contributed by atoms with Crippen molar-refractivity contribution < 1.29 is 27.8 Å². The van der Waals surface area contributed by atoms with Crippen LogP contribution in [-0.4, -0.2) is 26.0 Å². The molecule has 6 nitrogen and oxygen atoms in total. The molecular formula is C25H20F2N2O4. The van der Waals surface area contributed by atoms with Crippen molar-refractivity contribution in [3.8, 4) is 11.5 Å². The maximum atomic E-state index is 14.5. The van der Waals surface area contributed by atoms with Crippen molar-refractivity contribution in [1.82, 2.24) is 0 Å². The molecule has 0 spiro atoms. The molecule has 0 aromatic heterocycles. The minimum Gasteiger partial charge on any atom is -0.497 e. The summed E-state index contributed by atoms with van der Waals surface area (Å²) >= 11 is 0. The molecule has 2 amide bonds. The van der Waals surface area contributed by atoms with Crippen LogP contribution in [0.3, 0.4) is 0 Å². The van der Waals surface area contributed by atoms with Gasteiger partial charge in [0.1, 0.15) is 28.8 Å². The first-order valence-corrected chi connectivity index (χ1v) is 9.98. The Bertz CT molecular complexity index is 1290. The van der Waals surface area contributed by atoms with Crippen LogP contribution in [0.2, 0.25) is 0 Å². The first-order valence-electron chi connectivity index (χ1n) is 9.98. The van der Waals surface area contributed by atoms with Gasteiger partial charge in [0.25, 0.3) is 11.8 Å². The number of carbonyl (C=O) groups is 2. The molecule has 168 valence electrons. The Morgan fingerprint density at radius 1 is 0.848 bits per heavy atom. The van der Waals surface area contributed by atoms with Crippen molar-refractivity contribution in [2.75, 3.05) is 24.4 Å². The predicted octanol–water partition coefficient (Wildman–Crippen LogP) is 4.69. The fourth-order valence-electron chi connectivity index (χ4n) is 3.60. The van der Waals surface area contributed by atoms with Gasteiger partial charge in [0.15, 0.2) is 0 Å². The highest BCUT2D eigenvalue weighted by Crippen LogP contribution is 2.37. The smallest absolute Gasteiger partial charge is 0.282 e. The highest BCUT2D eigenvalue weighted by molar-refractivity contribution is 6.46. The van der Waals surface area contributed by atoms with Crippen LogP contribution in [0.25, 0.3) is 5.57 Å². The van der Waals surface area contributed by atoms with Crippen LogP contribution in [0, 0.1) is 18.6 Å². The predicted molar refractivity (Wildman–Crippen MR) is 120 cm³/mol. The third-order valence-electron chi connectivity index (χ3n) is 5.23. The average Bonchev–Trinajstić information content (AvgIpc) is 3.05. The Morgan fingerprint density at radius 3 is 2.24 bits per heavy atom. The van der Waals surface area contributed by atoms with E-state index in [4.69, 9.17) is 9.47 Å². The van der Waals surface area contributed by atoms with Crippen molar-refractivity contribution in [3.05, 3.63) is 89.1 Å². The molecule has 0 fully saturated rings. The van der Waals surface area contributed by atoms with Gasteiger partial charge in [-0.25, -0.2) is 13.7 Å². The molecular weight excluding hydrogens is 430 g/mol. The van der Waals surface area contributed by atoms with Crippen molar-refractivity contribution in [2.24, 2.45) is 0 Å². The Morgan fingerprint density at radius 2 is 1.58 bits per heavy atom. The number of imide groups is 1. The van der Waals surface area contributed by atoms with Gasteiger partial charge < -0.3 is 14.8 Å². The van der Waals surface area contributed by atoms with E-state index < -0.39 is 29.1 Å². The lowest BCUT2D eigenvalue weighted by molar-refractivity contribution is -0.120. The number of nitrogens with zero attached hydrogens (tertiary/aromatic N) is 1. The minimum atomic E-state index is -0.901. The number of methoxy groups -OCH3 is 2. The van der Waals surface area contributed by atoms with E-state index in [2.05, 4.69) is 5.32 Å². The molecule has 0 aliphatic carbocycles. The molecule has 8 heteroatoms. The number of aryl methyl sites for hydroxylation is 1. The maximum absolute atomic E-state index is 14.5. The maximum Gasteiger partial charge on any atom is 0.282 e.